The fourth-order valence-corrected chi connectivity index (χ4v) is 3.82. The van der Waals surface area contributed by atoms with Crippen LogP contribution in [0.25, 0.3) is 0 Å². The molecule has 0 aliphatic carbocycles. The van der Waals surface area contributed by atoms with Gasteiger partial charge in [0, 0.05) is 12.6 Å². The summed E-state index contributed by atoms with van der Waals surface area (Å²) in [5.41, 5.74) is 0. The molecule has 0 aromatic heterocycles. The summed E-state index contributed by atoms with van der Waals surface area (Å²) in [5, 5.41) is 0. The highest BCUT2D eigenvalue weighted by molar-refractivity contribution is 7.98. The van der Waals surface area contributed by atoms with Crippen molar-refractivity contribution in [2.24, 2.45) is 0 Å². The molecular weight excluding hydrogens is 242 g/mol. The van der Waals surface area contributed by atoms with Gasteiger partial charge < -0.3 is 0 Å². The van der Waals surface area contributed by atoms with Gasteiger partial charge in [0.2, 0.25) is 10.0 Å². The zero-order valence-electron chi connectivity index (χ0n) is 9.17. The molecule has 0 N–H and O–H groups in total. The molecule has 1 heterocycles. The van der Waals surface area contributed by atoms with E-state index in [1.807, 2.05) is 12.3 Å². The molecule has 1 aliphatic heterocycles. The lowest BCUT2D eigenvalue weighted by Gasteiger charge is -2.05. The fraction of sp³-hybridized carbons (Fsp3) is 0.455. The molecule has 1 aromatic carbocycles. The number of nitrogens with zero attached hydrogens (tertiary/aromatic N) is 1. The SMILES string of the molecule is CSCC[C@H]1CN1S(=O)(=O)c1ccccc1. The van der Waals surface area contributed by atoms with E-state index >= 15 is 0 Å². The van der Waals surface area contributed by atoms with E-state index in [0.717, 1.165) is 12.2 Å². The maximum Gasteiger partial charge on any atom is 0.243 e. The largest absolute Gasteiger partial charge is 0.243 e. The molecular formula is C11H15NO2S2. The molecule has 5 heteroatoms. The van der Waals surface area contributed by atoms with E-state index < -0.39 is 10.0 Å². The second-order valence-electron chi connectivity index (χ2n) is 3.82. The van der Waals surface area contributed by atoms with Crippen molar-refractivity contribution in [1.29, 1.82) is 0 Å². The summed E-state index contributed by atoms with van der Waals surface area (Å²) in [6.45, 7) is 0.678. The Morgan fingerprint density at radius 1 is 1.38 bits per heavy atom. The molecule has 88 valence electrons. The Bertz CT molecular complexity index is 444. The standard InChI is InChI=1S/C11H15NO2S2/c1-15-8-7-10-9-12(10)16(13,14)11-5-3-2-4-6-11/h2-6,10H,7-9H2,1H3/t10-,12?/m0/s1. The van der Waals surface area contributed by atoms with Crippen molar-refractivity contribution in [1.82, 2.24) is 4.31 Å². The Hall–Kier alpha value is -0.520. The molecule has 0 radical (unpaired) electrons. The van der Waals surface area contributed by atoms with Gasteiger partial charge in [-0.05, 0) is 30.6 Å². The number of thioether (sulfide) groups is 1. The van der Waals surface area contributed by atoms with Gasteiger partial charge in [0.05, 0.1) is 4.90 Å². The summed E-state index contributed by atoms with van der Waals surface area (Å²) in [5.74, 6) is 1.02. The highest BCUT2D eigenvalue weighted by atomic mass is 32.2. The summed E-state index contributed by atoms with van der Waals surface area (Å²) >= 11 is 1.76. The van der Waals surface area contributed by atoms with Gasteiger partial charge in [-0.25, -0.2) is 8.42 Å². The Kier molecular flexibility index (Phi) is 3.56. The van der Waals surface area contributed by atoms with Gasteiger partial charge >= 0.3 is 0 Å². The first kappa shape index (κ1) is 12.0. The summed E-state index contributed by atoms with van der Waals surface area (Å²) < 4.78 is 25.8. The van der Waals surface area contributed by atoms with E-state index in [-0.39, 0.29) is 6.04 Å². The molecule has 1 aliphatic rings. The number of hydrogen-bond donors (Lipinski definition) is 0. The molecule has 1 fully saturated rings. The minimum atomic E-state index is -3.22. The van der Waals surface area contributed by atoms with Crippen LogP contribution in [0.1, 0.15) is 6.42 Å². The predicted molar refractivity (Wildman–Crippen MR) is 67.1 cm³/mol. The molecule has 0 spiro atoms. The predicted octanol–water partition coefficient (Wildman–Crippen LogP) is 1.81. The average molecular weight is 257 g/mol. The van der Waals surface area contributed by atoms with Crippen molar-refractivity contribution in [2.45, 2.75) is 17.4 Å². The number of benzene rings is 1. The Morgan fingerprint density at radius 2 is 2.06 bits per heavy atom. The van der Waals surface area contributed by atoms with Crippen molar-refractivity contribution in [3.63, 3.8) is 0 Å². The quantitative estimate of drug-likeness (QED) is 0.755. The first-order valence-corrected chi connectivity index (χ1v) is 8.05. The minimum absolute atomic E-state index is 0.220. The second-order valence-corrected chi connectivity index (χ2v) is 6.70. The van der Waals surface area contributed by atoms with Gasteiger partial charge in [-0.1, -0.05) is 18.2 Å². The Balaban J connectivity index is 2.06. The second kappa shape index (κ2) is 4.77. The maximum absolute atomic E-state index is 12.1. The van der Waals surface area contributed by atoms with Gasteiger partial charge in [-0.3, -0.25) is 0 Å². The van der Waals surface area contributed by atoms with Crippen LogP contribution in [-0.4, -0.2) is 37.3 Å². The van der Waals surface area contributed by atoms with Gasteiger partial charge in [-0.2, -0.15) is 16.1 Å². The molecule has 2 atom stereocenters. The van der Waals surface area contributed by atoms with Gasteiger partial charge in [0.25, 0.3) is 0 Å². The van der Waals surface area contributed by atoms with Crippen LogP contribution in [-0.2, 0) is 10.0 Å². The first-order valence-electron chi connectivity index (χ1n) is 5.22. The minimum Gasteiger partial charge on any atom is -0.207 e. The zero-order chi connectivity index (χ0) is 11.6. The van der Waals surface area contributed by atoms with Gasteiger partial charge in [0.15, 0.2) is 0 Å². The lowest BCUT2D eigenvalue weighted by molar-refractivity contribution is 0.550. The van der Waals surface area contributed by atoms with Crippen LogP contribution in [0.2, 0.25) is 0 Å². The molecule has 16 heavy (non-hydrogen) atoms. The fourth-order valence-electron chi connectivity index (χ4n) is 1.67. The van der Waals surface area contributed by atoms with Crippen molar-refractivity contribution in [2.75, 3.05) is 18.6 Å². The van der Waals surface area contributed by atoms with Crippen molar-refractivity contribution >= 4 is 21.8 Å². The molecule has 3 nitrogen and oxygen atoms in total. The number of hydrogen-bond acceptors (Lipinski definition) is 3. The average Bonchev–Trinajstić information content (AvgIpc) is 3.07. The lowest BCUT2D eigenvalue weighted by atomic mass is 10.4. The third kappa shape index (κ3) is 2.42. The lowest BCUT2D eigenvalue weighted by Crippen LogP contribution is -2.14. The summed E-state index contributed by atoms with van der Waals surface area (Å²) in [6, 6.07) is 8.86. The van der Waals surface area contributed by atoms with Crippen LogP contribution < -0.4 is 0 Å². The van der Waals surface area contributed by atoms with E-state index in [0.29, 0.717) is 11.4 Å². The molecule has 0 amide bonds. The topological polar surface area (TPSA) is 37.1 Å². The number of sulfonamides is 1. The van der Waals surface area contributed by atoms with Crippen LogP contribution in [0.3, 0.4) is 0 Å². The summed E-state index contributed by atoms with van der Waals surface area (Å²) in [6.07, 6.45) is 2.99. The third-order valence-corrected chi connectivity index (χ3v) is 5.25. The monoisotopic (exact) mass is 257 g/mol. The smallest absolute Gasteiger partial charge is 0.207 e. The van der Waals surface area contributed by atoms with Gasteiger partial charge in [0.1, 0.15) is 0 Å². The molecule has 1 aromatic rings. The third-order valence-electron chi connectivity index (χ3n) is 2.67. The maximum atomic E-state index is 12.1. The van der Waals surface area contributed by atoms with E-state index in [1.165, 1.54) is 0 Å². The van der Waals surface area contributed by atoms with E-state index in [9.17, 15) is 8.42 Å². The van der Waals surface area contributed by atoms with Crippen molar-refractivity contribution in [3.05, 3.63) is 30.3 Å². The summed E-state index contributed by atoms with van der Waals surface area (Å²) in [7, 11) is -3.22. The van der Waals surface area contributed by atoms with Crippen LogP contribution in [0.5, 0.6) is 0 Å². The molecule has 2 rings (SSSR count). The van der Waals surface area contributed by atoms with E-state index in [2.05, 4.69) is 0 Å². The first-order chi connectivity index (χ1) is 7.66. The molecule has 0 saturated carbocycles. The highest BCUT2D eigenvalue weighted by Crippen LogP contribution is 2.30. The molecule has 0 bridgehead atoms. The molecule has 1 unspecified atom stereocenters. The van der Waals surface area contributed by atoms with E-state index in [1.54, 1.807) is 40.3 Å². The van der Waals surface area contributed by atoms with Crippen molar-refractivity contribution < 1.29 is 8.42 Å². The van der Waals surface area contributed by atoms with Gasteiger partial charge in [-0.15, -0.1) is 0 Å². The van der Waals surface area contributed by atoms with Crippen LogP contribution >= 0.6 is 11.8 Å². The Labute approximate surface area is 101 Å². The normalized spacial score (nSPS) is 24.3. The van der Waals surface area contributed by atoms with Crippen LogP contribution in [0.4, 0.5) is 0 Å². The van der Waals surface area contributed by atoms with Crippen LogP contribution in [0, 0.1) is 0 Å². The van der Waals surface area contributed by atoms with Crippen LogP contribution in [0.15, 0.2) is 35.2 Å². The Morgan fingerprint density at radius 3 is 2.69 bits per heavy atom. The number of rotatable bonds is 5. The zero-order valence-corrected chi connectivity index (χ0v) is 10.8. The van der Waals surface area contributed by atoms with E-state index in [4.69, 9.17) is 0 Å². The highest BCUT2D eigenvalue weighted by Gasteiger charge is 2.43. The molecule has 1 saturated heterocycles. The summed E-state index contributed by atoms with van der Waals surface area (Å²) in [4.78, 5) is 0.404. The van der Waals surface area contributed by atoms with Crippen molar-refractivity contribution in [3.8, 4) is 0 Å².